The van der Waals surface area contributed by atoms with Crippen LogP contribution < -0.4 is 5.32 Å². The molecule has 3 rings (SSSR count). The highest BCUT2D eigenvalue weighted by Crippen LogP contribution is 2.41. The van der Waals surface area contributed by atoms with E-state index in [1.165, 1.54) is 39.8 Å². The van der Waals surface area contributed by atoms with Crippen molar-refractivity contribution in [2.45, 2.75) is 22.7 Å². The van der Waals surface area contributed by atoms with Gasteiger partial charge in [0.1, 0.15) is 22.1 Å². The second kappa shape index (κ2) is 6.49. The van der Waals surface area contributed by atoms with Gasteiger partial charge in [-0.05, 0) is 12.5 Å². The van der Waals surface area contributed by atoms with Gasteiger partial charge in [-0.1, -0.05) is 23.1 Å². The molecule has 2 aliphatic rings. The Hall–Kier alpha value is -1.59. The number of carbonyl (C=O) groups excluding carboxylic acids is 2. The summed E-state index contributed by atoms with van der Waals surface area (Å²) in [5, 5.41) is 20.3. The smallest absolute Gasteiger partial charge is 0.352 e. The average molecular weight is 372 g/mol. The fourth-order valence-corrected chi connectivity index (χ4v) is 5.68. The number of thioether (sulfide) groups is 2. The van der Waals surface area contributed by atoms with E-state index in [0.29, 0.717) is 23.5 Å². The number of aryl methyl sites for hydroxylation is 1. The maximum atomic E-state index is 12.1. The topological polar surface area (TPSA) is 112 Å². The van der Waals surface area contributed by atoms with Crippen molar-refractivity contribution in [3.8, 4) is 0 Å². The van der Waals surface area contributed by atoms with Crippen molar-refractivity contribution in [3.05, 3.63) is 16.3 Å². The van der Waals surface area contributed by atoms with Gasteiger partial charge in [-0.25, -0.2) is 4.79 Å². The Labute approximate surface area is 143 Å². The normalized spacial score (nSPS) is 23.3. The van der Waals surface area contributed by atoms with Crippen LogP contribution in [0.1, 0.15) is 5.01 Å². The number of hydrogen-bond donors (Lipinski definition) is 2. The molecule has 1 aromatic rings. The quantitative estimate of drug-likeness (QED) is 0.417. The van der Waals surface area contributed by atoms with Crippen molar-refractivity contribution in [1.29, 1.82) is 0 Å². The average Bonchev–Trinajstić information content (AvgIpc) is 2.94. The maximum Gasteiger partial charge on any atom is 0.352 e. The van der Waals surface area contributed by atoms with E-state index in [9.17, 15) is 19.5 Å². The summed E-state index contributed by atoms with van der Waals surface area (Å²) in [7, 11) is 0. The van der Waals surface area contributed by atoms with Crippen molar-refractivity contribution in [2.24, 2.45) is 0 Å². The summed E-state index contributed by atoms with van der Waals surface area (Å²) >= 11 is 4.30. The molecule has 1 saturated heterocycles. The van der Waals surface area contributed by atoms with Crippen LogP contribution in [0.4, 0.5) is 0 Å². The van der Waals surface area contributed by atoms with Gasteiger partial charge in [0, 0.05) is 11.5 Å². The van der Waals surface area contributed by atoms with Gasteiger partial charge in [0.15, 0.2) is 4.34 Å². The zero-order valence-corrected chi connectivity index (χ0v) is 14.3. The number of nitrogens with one attached hydrogen (secondary N) is 1. The number of fused-ring (bicyclic) bond motifs is 1. The highest BCUT2D eigenvalue weighted by Gasteiger charge is 2.53. The van der Waals surface area contributed by atoms with Gasteiger partial charge in [-0.3, -0.25) is 14.5 Å². The minimum Gasteiger partial charge on any atom is -0.477 e. The van der Waals surface area contributed by atoms with E-state index in [1.807, 2.05) is 6.92 Å². The Bertz CT molecular complexity index is 704. The molecule has 2 aliphatic heterocycles. The molecule has 1 unspecified atom stereocenters. The lowest BCUT2D eigenvalue weighted by molar-refractivity contribution is -0.149. The standard InChI is InChI=1S/C12H12N4O4S3/c1-5-14-15-12(23-5)22-3-6-2-21-10-7(13-4-17)9(18)16(10)8(6)11(19)20/h4,7,10H,2-3H2,1H3,(H,13,17)(H,19,20)/t7?,10-/m0/s1. The highest BCUT2D eigenvalue weighted by molar-refractivity contribution is 8.01. The highest BCUT2D eigenvalue weighted by atomic mass is 32.2. The van der Waals surface area contributed by atoms with Gasteiger partial charge in [-0.15, -0.1) is 22.0 Å². The number of carbonyl (C=O) groups is 3. The lowest BCUT2D eigenvalue weighted by Crippen LogP contribution is -2.69. The van der Waals surface area contributed by atoms with E-state index < -0.39 is 12.0 Å². The van der Waals surface area contributed by atoms with E-state index in [1.54, 1.807) is 0 Å². The molecule has 0 aliphatic carbocycles. The first-order chi connectivity index (χ1) is 11.0. The van der Waals surface area contributed by atoms with Crippen molar-refractivity contribution < 1.29 is 19.5 Å². The molecule has 0 radical (unpaired) electrons. The summed E-state index contributed by atoms with van der Waals surface area (Å²) in [4.78, 5) is 35.5. The number of rotatable bonds is 6. The number of β-lactam (4-membered cyclic amide) rings is 1. The van der Waals surface area contributed by atoms with Crippen molar-refractivity contribution in [1.82, 2.24) is 20.4 Å². The van der Waals surface area contributed by atoms with Crippen molar-refractivity contribution in [2.75, 3.05) is 11.5 Å². The molecule has 3 heterocycles. The van der Waals surface area contributed by atoms with Gasteiger partial charge in [0.05, 0.1) is 0 Å². The lowest BCUT2D eigenvalue weighted by Gasteiger charge is -2.49. The van der Waals surface area contributed by atoms with Crippen LogP contribution in [-0.2, 0) is 14.4 Å². The zero-order chi connectivity index (χ0) is 16.6. The Morgan fingerprint density at radius 1 is 1.57 bits per heavy atom. The zero-order valence-electron chi connectivity index (χ0n) is 11.9. The van der Waals surface area contributed by atoms with E-state index in [2.05, 4.69) is 15.5 Å². The molecule has 0 spiro atoms. The number of amides is 2. The summed E-state index contributed by atoms with van der Waals surface area (Å²) in [6.07, 6.45) is 0.466. The Kier molecular flexibility index (Phi) is 4.60. The van der Waals surface area contributed by atoms with Crippen LogP contribution in [0.2, 0.25) is 0 Å². The second-order valence-electron chi connectivity index (χ2n) is 4.80. The summed E-state index contributed by atoms with van der Waals surface area (Å²) in [5.41, 5.74) is 0.700. The molecule has 23 heavy (non-hydrogen) atoms. The van der Waals surface area contributed by atoms with E-state index >= 15 is 0 Å². The van der Waals surface area contributed by atoms with Crippen LogP contribution in [0.5, 0.6) is 0 Å². The number of carboxylic acid groups (broad SMARTS) is 1. The molecule has 2 atom stereocenters. The third-order valence-corrected chi connectivity index (χ3v) is 6.77. The molecular formula is C12H12N4O4S3. The molecule has 1 fully saturated rings. The van der Waals surface area contributed by atoms with E-state index in [4.69, 9.17) is 0 Å². The Morgan fingerprint density at radius 2 is 2.35 bits per heavy atom. The number of carboxylic acids is 1. The van der Waals surface area contributed by atoms with E-state index in [-0.39, 0.29) is 17.0 Å². The van der Waals surface area contributed by atoms with Crippen LogP contribution in [0, 0.1) is 6.92 Å². The van der Waals surface area contributed by atoms with Gasteiger partial charge in [0.25, 0.3) is 5.91 Å². The van der Waals surface area contributed by atoms with Gasteiger partial charge >= 0.3 is 5.97 Å². The van der Waals surface area contributed by atoms with Crippen LogP contribution in [0.15, 0.2) is 15.6 Å². The van der Waals surface area contributed by atoms with Gasteiger partial charge < -0.3 is 10.4 Å². The predicted octanol–water partition coefficient (Wildman–Crippen LogP) is 0.307. The molecule has 0 aromatic carbocycles. The Balaban J connectivity index is 1.79. The fraction of sp³-hybridized carbons (Fsp3) is 0.417. The number of aromatic nitrogens is 2. The first kappa shape index (κ1) is 16.3. The molecule has 0 saturated carbocycles. The molecule has 122 valence electrons. The third-order valence-electron chi connectivity index (χ3n) is 3.37. The largest absolute Gasteiger partial charge is 0.477 e. The summed E-state index contributed by atoms with van der Waals surface area (Å²) < 4.78 is 0.766. The monoisotopic (exact) mass is 372 g/mol. The predicted molar refractivity (Wildman–Crippen MR) is 86.1 cm³/mol. The van der Waals surface area contributed by atoms with Crippen LogP contribution in [-0.4, -0.2) is 61.4 Å². The second-order valence-corrected chi connectivity index (χ2v) is 8.31. The number of hydrogen-bond acceptors (Lipinski definition) is 8. The summed E-state index contributed by atoms with van der Waals surface area (Å²) in [5.74, 6) is -0.582. The maximum absolute atomic E-state index is 12.1. The molecule has 2 N–H and O–H groups in total. The molecule has 11 heteroatoms. The van der Waals surface area contributed by atoms with E-state index in [0.717, 1.165) is 9.35 Å². The third kappa shape index (κ3) is 2.95. The molecule has 0 bridgehead atoms. The summed E-state index contributed by atoms with van der Waals surface area (Å²) in [6.45, 7) is 1.85. The molecule has 2 amide bonds. The lowest BCUT2D eigenvalue weighted by atomic mass is 10.0. The summed E-state index contributed by atoms with van der Waals surface area (Å²) in [6, 6.07) is -0.646. The van der Waals surface area contributed by atoms with Crippen molar-refractivity contribution >= 4 is 53.1 Å². The minimum atomic E-state index is -1.13. The molecule has 8 nitrogen and oxygen atoms in total. The number of nitrogens with zero attached hydrogens (tertiary/aromatic N) is 3. The molecular weight excluding hydrogens is 360 g/mol. The SMILES string of the molecule is Cc1nnc(SCC2=C(C(=O)O)N3C(=O)C(NC=O)[C@@H]3SC2)s1. The Morgan fingerprint density at radius 3 is 2.96 bits per heavy atom. The van der Waals surface area contributed by atoms with Gasteiger partial charge in [0.2, 0.25) is 6.41 Å². The minimum absolute atomic E-state index is 0.0245. The van der Waals surface area contributed by atoms with Gasteiger partial charge in [-0.2, -0.15) is 0 Å². The van der Waals surface area contributed by atoms with Crippen molar-refractivity contribution in [3.63, 3.8) is 0 Å². The van der Waals surface area contributed by atoms with Crippen LogP contribution in [0.25, 0.3) is 0 Å². The first-order valence-electron chi connectivity index (χ1n) is 6.55. The first-order valence-corrected chi connectivity index (χ1v) is 9.40. The fourth-order valence-electron chi connectivity index (χ4n) is 2.37. The van der Waals surface area contributed by atoms with Crippen LogP contribution >= 0.6 is 34.9 Å². The molecule has 1 aromatic heterocycles. The van der Waals surface area contributed by atoms with Crippen LogP contribution in [0.3, 0.4) is 0 Å². The number of aliphatic carboxylic acids is 1.